The third-order valence-electron chi connectivity index (χ3n) is 4.22. The maximum Gasteiger partial charge on any atom is 0.307 e. The third-order valence-corrected chi connectivity index (χ3v) is 5.08. The van der Waals surface area contributed by atoms with Crippen LogP contribution in [-0.4, -0.2) is 28.9 Å². The van der Waals surface area contributed by atoms with E-state index in [0.717, 1.165) is 11.3 Å². The number of carboxylic acids is 1. The molecule has 1 heterocycles. The number of carbonyl (C=O) groups excluding carboxylic acids is 1. The van der Waals surface area contributed by atoms with E-state index in [4.69, 9.17) is 0 Å². The fourth-order valence-corrected chi connectivity index (χ4v) is 3.78. The maximum absolute atomic E-state index is 12.5. The van der Waals surface area contributed by atoms with Crippen LogP contribution < -0.4 is 0 Å². The monoisotopic (exact) mass is 295 g/mol. The van der Waals surface area contributed by atoms with Crippen molar-refractivity contribution in [1.82, 2.24) is 4.90 Å². The molecule has 0 aliphatic heterocycles. The number of rotatable bonds is 5. The van der Waals surface area contributed by atoms with Gasteiger partial charge in [-0.05, 0) is 30.2 Å². The average molecular weight is 295 g/mol. The van der Waals surface area contributed by atoms with E-state index in [2.05, 4.69) is 6.92 Å². The van der Waals surface area contributed by atoms with Crippen molar-refractivity contribution in [3.63, 3.8) is 0 Å². The molecule has 0 bridgehead atoms. The zero-order valence-corrected chi connectivity index (χ0v) is 12.7. The Kier molecular flexibility index (Phi) is 4.81. The summed E-state index contributed by atoms with van der Waals surface area (Å²) >= 11 is 1.61. The van der Waals surface area contributed by atoms with Gasteiger partial charge in [0.25, 0.3) is 0 Å². The summed E-state index contributed by atoms with van der Waals surface area (Å²) in [5.41, 5.74) is 0. The number of amides is 1. The molecule has 1 aromatic rings. The number of hydrogen-bond acceptors (Lipinski definition) is 3. The number of hydrogen-bond donors (Lipinski definition) is 1. The minimum atomic E-state index is -0.830. The Morgan fingerprint density at radius 3 is 2.65 bits per heavy atom. The highest BCUT2D eigenvalue weighted by Gasteiger charge is 2.43. The van der Waals surface area contributed by atoms with Crippen molar-refractivity contribution in [2.45, 2.75) is 32.7 Å². The van der Waals surface area contributed by atoms with Crippen LogP contribution in [-0.2, 0) is 16.1 Å². The van der Waals surface area contributed by atoms with Gasteiger partial charge in [-0.3, -0.25) is 9.59 Å². The summed E-state index contributed by atoms with van der Waals surface area (Å²) in [7, 11) is 1.76. The zero-order chi connectivity index (χ0) is 14.7. The summed E-state index contributed by atoms with van der Waals surface area (Å²) in [6.07, 6.45) is 2.29. The molecular weight excluding hydrogens is 274 g/mol. The van der Waals surface area contributed by atoms with Crippen molar-refractivity contribution in [3.05, 3.63) is 22.4 Å². The molecule has 1 aromatic heterocycles. The first-order valence-corrected chi connectivity index (χ1v) is 7.91. The van der Waals surface area contributed by atoms with Gasteiger partial charge in [-0.15, -0.1) is 11.3 Å². The smallest absolute Gasteiger partial charge is 0.307 e. The van der Waals surface area contributed by atoms with E-state index in [-0.39, 0.29) is 11.8 Å². The summed E-state index contributed by atoms with van der Waals surface area (Å²) < 4.78 is 0. The van der Waals surface area contributed by atoms with E-state index in [1.54, 1.807) is 23.3 Å². The summed E-state index contributed by atoms with van der Waals surface area (Å²) in [5, 5.41) is 11.3. The van der Waals surface area contributed by atoms with Crippen molar-refractivity contribution in [2.75, 3.05) is 7.05 Å². The van der Waals surface area contributed by atoms with Crippen LogP contribution in [0.4, 0.5) is 0 Å². The fraction of sp³-hybridized carbons (Fsp3) is 0.600. The molecule has 0 radical (unpaired) electrons. The number of thiophene rings is 1. The highest BCUT2D eigenvalue weighted by molar-refractivity contribution is 7.09. The molecule has 1 unspecified atom stereocenters. The number of aliphatic carboxylic acids is 1. The lowest BCUT2D eigenvalue weighted by Gasteiger charge is -2.23. The molecule has 0 aromatic carbocycles. The summed E-state index contributed by atoms with van der Waals surface area (Å²) in [6.45, 7) is 2.63. The highest BCUT2D eigenvalue weighted by atomic mass is 32.1. The van der Waals surface area contributed by atoms with Gasteiger partial charge in [-0.1, -0.05) is 19.4 Å². The van der Waals surface area contributed by atoms with Crippen LogP contribution in [0.5, 0.6) is 0 Å². The third kappa shape index (κ3) is 3.20. The van der Waals surface area contributed by atoms with E-state index in [9.17, 15) is 14.7 Å². The Morgan fingerprint density at radius 2 is 2.10 bits per heavy atom. The van der Waals surface area contributed by atoms with Gasteiger partial charge in [0, 0.05) is 11.9 Å². The first-order chi connectivity index (χ1) is 9.52. The van der Waals surface area contributed by atoms with Gasteiger partial charge in [0.1, 0.15) is 0 Å². The lowest BCUT2D eigenvalue weighted by atomic mass is 9.95. The Bertz CT molecular complexity index is 471. The molecule has 0 spiro atoms. The van der Waals surface area contributed by atoms with Crippen LogP contribution in [0.3, 0.4) is 0 Å². The fourth-order valence-electron chi connectivity index (χ4n) is 3.02. The van der Waals surface area contributed by atoms with Crippen LogP contribution in [0.1, 0.15) is 31.1 Å². The average Bonchev–Trinajstić information content (AvgIpc) is 3.06. The summed E-state index contributed by atoms with van der Waals surface area (Å²) in [4.78, 5) is 26.7. The molecular formula is C15H21NO3S. The molecule has 0 saturated heterocycles. The van der Waals surface area contributed by atoms with Crippen LogP contribution in [0.25, 0.3) is 0 Å². The van der Waals surface area contributed by atoms with E-state index < -0.39 is 11.9 Å². The molecule has 1 N–H and O–H groups in total. The molecule has 1 saturated carbocycles. The molecule has 5 heteroatoms. The Morgan fingerprint density at radius 1 is 1.40 bits per heavy atom. The first kappa shape index (κ1) is 15.0. The first-order valence-electron chi connectivity index (χ1n) is 7.03. The van der Waals surface area contributed by atoms with Gasteiger partial charge in [0.05, 0.1) is 18.4 Å². The SMILES string of the molecule is CCC1C[C@H](C(=O)N(C)Cc2cccs2)[C@H](C(=O)O)C1. The Labute approximate surface area is 123 Å². The summed E-state index contributed by atoms with van der Waals surface area (Å²) in [6, 6.07) is 3.95. The van der Waals surface area contributed by atoms with E-state index in [1.165, 1.54) is 0 Å². The number of carboxylic acid groups (broad SMARTS) is 1. The van der Waals surface area contributed by atoms with Crippen molar-refractivity contribution in [1.29, 1.82) is 0 Å². The molecule has 1 fully saturated rings. The molecule has 20 heavy (non-hydrogen) atoms. The maximum atomic E-state index is 12.5. The predicted octanol–water partition coefficient (Wildman–Crippen LogP) is 2.84. The molecule has 3 atom stereocenters. The van der Waals surface area contributed by atoms with Crippen LogP contribution in [0.2, 0.25) is 0 Å². The standard InChI is InChI=1S/C15H21NO3S/c1-3-10-7-12(13(8-10)15(18)19)14(17)16(2)9-11-5-4-6-20-11/h4-6,10,12-13H,3,7-9H2,1-2H3,(H,18,19)/t10?,12-,13+/m0/s1. The van der Waals surface area contributed by atoms with Gasteiger partial charge < -0.3 is 10.0 Å². The van der Waals surface area contributed by atoms with Gasteiger partial charge in [-0.25, -0.2) is 0 Å². The molecule has 1 amide bonds. The number of nitrogens with zero attached hydrogens (tertiary/aromatic N) is 1. The minimum Gasteiger partial charge on any atom is -0.481 e. The van der Waals surface area contributed by atoms with Crippen LogP contribution in [0.15, 0.2) is 17.5 Å². The van der Waals surface area contributed by atoms with Gasteiger partial charge >= 0.3 is 5.97 Å². The van der Waals surface area contributed by atoms with Crippen molar-refractivity contribution in [2.24, 2.45) is 17.8 Å². The molecule has 1 aliphatic rings. The Balaban J connectivity index is 2.04. The van der Waals surface area contributed by atoms with Gasteiger partial charge in [0.2, 0.25) is 5.91 Å². The topological polar surface area (TPSA) is 57.6 Å². The molecule has 4 nitrogen and oxygen atoms in total. The molecule has 2 rings (SSSR count). The second-order valence-corrected chi connectivity index (χ2v) is 6.60. The predicted molar refractivity (Wildman–Crippen MR) is 78.4 cm³/mol. The lowest BCUT2D eigenvalue weighted by Crippen LogP contribution is -2.36. The largest absolute Gasteiger partial charge is 0.481 e. The van der Waals surface area contributed by atoms with E-state index in [1.807, 2.05) is 17.5 Å². The number of carbonyl (C=O) groups is 2. The van der Waals surface area contributed by atoms with Gasteiger partial charge in [-0.2, -0.15) is 0 Å². The van der Waals surface area contributed by atoms with Crippen molar-refractivity contribution in [3.8, 4) is 0 Å². The van der Waals surface area contributed by atoms with Crippen molar-refractivity contribution < 1.29 is 14.7 Å². The normalized spacial score (nSPS) is 25.6. The van der Waals surface area contributed by atoms with Crippen LogP contribution >= 0.6 is 11.3 Å². The van der Waals surface area contributed by atoms with Crippen molar-refractivity contribution >= 4 is 23.2 Å². The molecule has 110 valence electrons. The van der Waals surface area contributed by atoms with E-state index >= 15 is 0 Å². The minimum absolute atomic E-state index is 0.0262. The second-order valence-electron chi connectivity index (χ2n) is 5.57. The lowest BCUT2D eigenvalue weighted by molar-refractivity contribution is -0.148. The molecule has 1 aliphatic carbocycles. The summed E-state index contributed by atoms with van der Waals surface area (Å²) in [5.74, 6) is -1.37. The van der Waals surface area contributed by atoms with Crippen LogP contribution in [0, 0.1) is 17.8 Å². The second kappa shape index (κ2) is 6.39. The van der Waals surface area contributed by atoms with Gasteiger partial charge in [0.15, 0.2) is 0 Å². The zero-order valence-electron chi connectivity index (χ0n) is 11.9. The highest BCUT2D eigenvalue weighted by Crippen LogP contribution is 2.39. The quantitative estimate of drug-likeness (QED) is 0.908. The van der Waals surface area contributed by atoms with E-state index in [0.29, 0.717) is 25.3 Å². The Hall–Kier alpha value is -1.36.